The van der Waals surface area contributed by atoms with Crippen LogP contribution in [0.2, 0.25) is 0 Å². The molecule has 0 aliphatic heterocycles. The average molecular weight is 477 g/mol. The van der Waals surface area contributed by atoms with Gasteiger partial charge >= 0.3 is 11.4 Å². The van der Waals surface area contributed by atoms with Gasteiger partial charge in [0, 0.05) is 36.7 Å². The fourth-order valence-corrected chi connectivity index (χ4v) is 3.80. The molecule has 35 heavy (non-hydrogen) atoms. The summed E-state index contributed by atoms with van der Waals surface area (Å²) in [5, 5.41) is 12.2. The first-order chi connectivity index (χ1) is 16.9. The van der Waals surface area contributed by atoms with Gasteiger partial charge in [0.25, 0.3) is 0 Å². The summed E-state index contributed by atoms with van der Waals surface area (Å²) < 4.78 is 16.5. The van der Waals surface area contributed by atoms with Gasteiger partial charge in [0.15, 0.2) is 0 Å². The normalized spacial score (nSPS) is 20.5. The zero-order chi connectivity index (χ0) is 25.4. The Labute approximate surface area is 203 Å². The maximum atomic E-state index is 14.4. The molecular formula is C26H29FN6O2. The lowest BCUT2D eigenvalue weighted by molar-refractivity contribution is 0.388. The van der Waals surface area contributed by atoms with Crippen molar-refractivity contribution in [3.8, 4) is 6.07 Å². The van der Waals surface area contributed by atoms with Crippen LogP contribution in [-0.4, -0.2) is 20.3 Å². The van der Waals surface area contributed by atoms with E-state index in [1.807, 2.05) is 39.0 Å². The highest BCUT2D eigenvalue weighted by Crippen LogP contribution is 2.28. The monoisotopic (exact) mass is 476 g/mol. The Morgan fingerprint density at radius 2 is 2.11 bits per heavy atom. The number of nitrogens with zero attached hydrogens (tertiary/aromatic N) is 5. The average Bonchev–Trinajstić information content (AvgIpc) is 2.86. The van der Waals surface area contributed by atoms with E-state index in [2.05, 4.69) is 21.4 Å². The van der Waals surface area contributed by atoms with Crippen molar-refractivity contribution in [1.82, 2.24) is 14.1 Å². The van der Waals surface area contributed by atoms with Crippen LogP contribution in [0.25, 0.3) is 6.20 Å². The van der Waals surface area contributed by atoms with Crippen molar-refractivity contribution in [2.24, 2.45) is 16.8 Å². The minimum absolute atomic E-state index is 0.0501. The second kappa shape index (κ2) is 11.9. The number of anilines is 1. The topological polar surface area (TPSA) is 105 Å². The Bertz CT molecular complexity index is 1330. The highest BCUT2D eigenvalue weighted by molar-refractivity contribution is 5.78. The highest BCUT2D eigenvalue weighted by Gasteiger charge is 2.24. The molecule has 2 unspecified atom stereocenters. The number of aromatic nitrogens is 3. The van der Waals surface area contributed by atoms with Crippen LogP contribution in [0.15, 0.2) is 79.9 Å². The van der Waals surface area contributed by atoms with Crippen LogP contribution in [0.1, 0.15) is 40.0 Å². The molecule has 3 rings (SSSR count). The van der Waals surface area contributed by atoms with Crippen LogP contribution < -0.4 is 16.7 Å². The first kappa shape index (κ1) is 25.6. The number of nitriles is 1. The third-order valence-electron chi connectivity index (χ3n) is 5.94. The summed E-state index contributed by atoms with van der Waals surface area (Å²) in [7, 11) is 0. The van der Waals surface area contributed by atoms with Crippen molar-refractivity contribution in [1.29, 1.82) is 5.26 Å². The maximum Gasteiger partial charge on any atom is 0.359 e. The van der Waals surface area contributed by atoms with E-state index in [1.54, 1.807) is 18.4 Å². The van der Waals surface area contributed by atoms with E-state index in [1.165, 1.54) is 23.0 Å². The summed E-state index contributed by atoms with van der Waals surface area (Å²) in [6, 6.07) is 2.14. The zero-order valence-electron chi connectivity index (χ0n) is 20.1. The molecule has 0 saturated heterocycles. The van der Waals surface area contributed by atoms with E-state index in [9.17, 15) is 19.2 Å². The maximum absolute atomic E-state index is 14.4. The quantitative estimate of drug-likeness (QED) is 0.557. The predicted octanol–water partition coefficient (Wildman–Crippen LogP) is 4.48. The lowest BCUT2D eigenvalue weighted by Crippen LogP contribution is -2.42. The third kappa shape index (κ3) is 6.29. The molecule has 2 aliphatic carbocycles. The van der Waals surface area contributed by atoms with Crippen molar-refractivity contribution in [2.75, 3.05) is 5.32 Å². The molecule has 1 aromatic rings. The number of allylic oxidation sites excluding steroid dienone is 9. The minimum atomic E-state index is -0.812. The van der Waals surface area contributed by atoms with Gasteiger partial charge in [-0.1, -0.05) is 31.2 Å². The largest absolute Gasteiger partial charge is 0.359 e. The fourth-order valence-electron chi connectivity index (χ4n) is 3.80. The molecule has 0 amide bonds. The smallest absolute Gasteiger partial charge is 0.323 e. The predicted molar refractivity (Wildman–Crippen MR) is 136 cm³/mol. The SMILES string of the molecule is C\C=C(C)/C=N/C=C/n1c(=O)nc(NC2=CCCC=C2F)n(CC2C=C(C#N)C=CC2CC)c1=O. The van der Waals surface area contributed by atoms with Gasteiger partial charge < -0.3 is 5.32 Å². The number of aliphatic imine (C=N–C) groups is 1. The lowest BCUT2D eigenvalue weighted by Gasteiger charge is -2.26. The third-order valence-corrected chi connectivity index (χ3v) is 5.94. The first-order valence-corrected chi connectivity index (χ1v) is 11.6. The van der Waals surface area contributed by atoms with Crippen LogP contribution in [0, 0.1) is 23.2 Å². The number of hydrogen-bond acceptors (Lipinski definition) is 6. The summed E-state index contributed by atoms with van der Waals surface area (Å²) in [5.41, 5.74) is 0.135. The van der Waals surface area contributed by atoms with Gasteiger partial charge in [-0.3, -0.25) is 9.56 Å². The molecule has 2 aliphatic rings. The van der Waals surface area contributed by atoms with Gasteiger partial charge in [-0.15, -0.1) is 0 Å². The van der Waals surface area contributed by atoms with E-state index in [-0.39, 0.29) is 30.0 Å². The van der Waals surface area contributed by atoms with Crippen molar-refractivity contribution in [2.45, 2.75) is 46.6 Å². The van der Waals surface area contributed by atoms with Crippen LogP contribution in [-0.2, 0) is 6.54 Å². The molecule has 1 N–H and O–H groups in total. The number of hydrogen-bond donors (Lipinski definition) is 1. The van der Waals surface area contributed by atoms with Gasteiger partial charge in [0.05, 0.1) is 11.8 Å². The summed E-state index contributed by atoms with van der Waals surface area (Å²) in [6.45, 7) is 5.92. The van der Waals surface area contributed by atoms with E-state index < -0.39 is 17.2 Å². The molecule has 1 aromatic heterocycles. The summed E-state index contributed by atoms with van der Waals surface area (Å²) in [6.07, 6.45) is 16.7. The van der Waals surface area contributed by atoms with E-state index in [0.717, 1.165) is 16.6 Å². The second-order valence-electron chi connectivity index (χ2n) is 8.29. The van der Waals surface area contributed by atoms with Crippen LogP contribution in [0.3, 0.4) is 0 Å². The van der Waals surface area contributed by atoms with Crippen LogP contribution in [0.5, 0.6) is 0 Å². The second-order valence-corrected chi connectivity index (χ2v) is 8.29. The molecule has 2 atom stereocenters. The Balaban J connectivity index is 2.07. The summed E-state index contributed by atoms with van der Waals surface area (Å²) in [4.78, 5) is 34.3. The lowest BCUT2D eigenvalue weighted by atomic mass is 9.84. The van der Waals surface area contributed by atoms with Gasteiger partial charge in [-0.2, -0.15) is 10.2 Å². The van der Waals surface area contributed by atoms with Gasteiger partial charge in [-0.05, 0) is 56.8 Å². The fraction of sp³-hybridized carbons (Fsp3) is 0.346. The Hall–Kier alpha value is -4.06. The highest BCUT2D eigenvalue weighted by atomic mass is 19.1. The molecule has 1 heterocycles. The molecule has 0 aromatic carbocycles. The molecule has 182 valence electrons. The van der Waals surface area contributed by atoms with Crippen molar-refractivity contribution in [3.05, 3.63) is 86.3 Å². The minimum Gasteiger partial charge on any atom is -0.323 e. The molecule has 0 saturated carbocycles. The molecule has 9 heteroatoms. The molecule has 0 spiro atoms. The first-order valence-electron chi connectivity index (χ1n) is 11.6. The number of nitrogens with one attached hydrogen (secondary N) is 1. The van der Waals surface area contributed by atoms with Crippen molar-refractivity contribution >= 4 is 18.4 Å². The Kier molecular flexibility index (Phi) is 8.68. The molecule has 0 radical (unpaired) electrons. The Morgan fingerprint density at radius 3 is 2.80 bits per heavy atom. The molecule has 0 bridgehead atoms. The molecule has 0 fully saturated rings. The van der Waals surface area contributed by atoms with Crippen LogP contribution >= 0.6 is 0 Å². The summed E-state index contributed by atoms with van der Waals surface area (Å²) in [5.74, 6) is -0.619. The van der Waals surface area contributed by atoms with E-state index in [4.69, 9.17) is 0 Å². The van der Waals surface area contributed by atoms with Crippen LogP contribution in [0.4, 0.5) is 10.3 Å². The van der Waals surface area contributed by atoms with Gasteiger partial charge in [0.1, 0.15) is 5.83 Å². The van der Waals surface area contributed by atoms with Gasteiger partial charge in [-0.25, -0.2) is 18.5 Å². The van der Waals surface area contributed by atoms with E-state index >= 15 is 0 Å². The zero-order valence-corrected chi connectivity index (χ0v) is 20.1. The Morgan fingerprint density at radius 1 is 1.34 bits per heavy atom. The number of rotatable bonds is 8. The van der Waals surface area contributed by atoms with Crippen molar-refractivity contribution < 1.29 is 4.39 Å². The summed E-state index contributed by atoms with van der Waals surface area (Å²) >= 11 is 0. The van der Waals surface area contributed by atoms with E-state index in [0.29, 0.717) is 18.4 Å². The van der Waals surface area contributed by atoms with Gasteiger partial charge in [0.2, 0.25) is 5.95 Å². The molecular weight excluding hydrogens is 447 g/mol. The molecule has 8 nitrogen and oxygen atoms in total. The van der Waals surface area contributed by atoms with Crippen molar-refractivity contribution in [3.63, 3.8) is 0 Å². The standard InChI is InChI=1S/C26H29FN6O2/c1-4-18(3)16-29-12-13-32-25(34)31-24(30-23-9-7-6-8-22(23)27)33(26(32)35)17-21-14-19(15-28)10-11-20(21)5-2/h4,8-14,16,20-21H,5-7,17H2,1-3H3,(H,30,31,34)/b13-12+,18-4-,29-16+. The number of halogens is 1.